The highest BCUT2D eigenvalue weighted by molar-refractivity contribution is 5.93. The van der Waals surface area contributed by atoms with Gasteiger partial charge in [0, 0.05) is 24.9 Å². The van der Waals surface area contributed by atoms with Crippen molar-refractivity contribution in [3.63, 3.8) is 0 Å². The van der Waals surface area contributed by atoms with Crippen LogP contribution in [0.15, 0.2) is 18.2 Å². The highest BCUT2D eigenvalue weighted by atomic mass is 19.2. The number of rotatable bonds is 3. The molecule has 5 nitrogen and oxygen atoms in total. The number of nitrogens with zero attached hydrogens (tertiary/aromatic N) is 3. The van der Waals surface area contributed by atoms with Crippen LogP contribution in [-0.4, -0.2) is 39.3 Å². The Kier molecular flexibility index (Phi) is 3.36. The van der Waals surface area contributed by atoms with Gasteiger partial charge in [-0.1, -0.05) is 6.07 Å². The molecule has 23 heavy (non-hydrogen) atoms. The molecule has 1 amide bonds. The van der Waals surface area contributed by atoms with Crippen LogP contribution in [0, 0.1) is 11.6 Å². The third kappa shape index (κ3) is 2.60. The van der Waals surface area contributed by atoms with Crippen LogP contribution in [0.2, 0.25) is 0 Å². The fourth-order valence-corrected chi connectivity index (χ4v) is 3.17. The van der Waals surface area contributed by atoms with Crippen LogP contribution in [0.1, 0.15) is 52.8 Å². The van der Waals surface area contributed by atoms with Crippen LogP contribution < -0.4 is 0 Å². The molecule has 1 atom stereocenters. The zero-order chi connectivity index (χ0) is 16.0. The predicted octanol–water partition coefficient (Wildman–Crippen LogP) is 2.59. The van der Waals surface area contributed by atoms with Crippen LogP contribution >= 0.6 is 0 Å². The molecule has 1 saturated carbocycles. The van der Waals surface area contributed by atoms with Crippen molar-refractivity contribution in [2.24, 2.45) is 0 Å². The first-order valence-electron chi connectivity index (χ1n) is 7.78. The molecule has 1 aromatic carbocycles. The van der Waals surface area contributed by atoms with Crippen molar-refractivity contribution in [2.75, 3.05) is 13.1 Å². The number of hydrogen-bond acceptors (Lipinski definition) is 3. The minimum Gasteiger partial charge on any atom is -0.337 e. The first-order chi connectivity index (χ1) is 11.1. The van der Waals surface area contributed by atoms with Crippen molar-refractivity contribution < 1.29 is 13.6 Å². The first-order valence-corrected chi connectivity index (χ1v) is 7.78. The Morgan fingerprint density at radius 1 is 1.13 bits per heavy atom. The predicted molar refractivity (Wildman–Crippen MR) is 78.0 cm³/mol. The standard InChI is InChI=1S/C16H16F2N4O/c17-12-4-3-10(7-13(12)18)11-5-6-22(8-11)16(23)15-14(9-1-2-9)19-21-20-15/h3-4,7,9,11H,1-2,5-6,8H2,(H,19,20,21). The molecular weight excluding hydrogens is 302 g/mol. The van der Waals surface area contributed by atoms with E-state index in [9.17, 15) is 13.6 Å². The third-order valence-electron chi connectivity index (χ3n) is 4.63. The molecular formula is C16H16F2N4O. The van der Waals surface area contributed by atoms with E-state index in [2.05, 4.69) is 15.4 Å². The zero-order valence-corrected chi connectivity index (χ0v) is 12.4. The van der Waals surface area contributed by atoms with Crippen LogP contribution in [0.25, 0.3) is 0 Å². The molecule has 1 unspecified atom stereocenters. The van der Waals surface area contributed by atoms with Gasteiger partial charge in [-0.3, -0.25) is 4.79 Å². The molecule has 2 aliphatic rings. The second-order valence-corrected chi connectivity index (χ2v) is 6.24. The fourth-order valence-electron chi connectivity index (χ4n) is 3.17. The Balaban J connectivity index is 1.50. The second kappa shape index (κ2) is 5.40. The van der Waals surface area contributed by atoms with Crippen molar-refractivity contribution in [3.8, 4) is 0 Å². The largest absolute Gasteiger partial charge is 0.337 e. The van der Waals surface area contributed by atoms with E-state index in [0.717, 1.165) is 36.6 Å². The summed E-state index contributed by atoms with van der Waals surface area (Å²) in [7, 11) is 0. The lowest BCUT2D eigenvalue weighted by Gasteiger charge is -2.16. The number of hydrogen-bond donors (Lipinski definition) is 1. The summed E-state index contributed by atoms with van der Waals surface area (Å²) in [6, 6.07) is 3.94. The van der Waals surface area contributed by atoms with Crippen molar-refractivity contribution in [1.82, 2.24) is 20.3 Å². The summed E-state index contributed by atoms with van der Waals surface area (Å²) < 4.78 is 26.4. The molecule has 1 aliphatic carbocycles. The van der Waals surface area contributed by atoms with Gasteiger partial charge in [-0.25, -0.2) is 8.78 Å². The van der Waals surface area contributed by atoms with E-state index < -0.39 is 11.6 Å². The van der Waals surface area contributed by atoms with Gasteiger partial charge in [-0.15, -0.1) is 0 Å². The maximum Gasteiger partial charge on any atom is 0.276 e. The van der Waals surface area contributed by atoms with E-state index in [-0.39, 0.29) is 11.8 Å². The van der Waals surface area contributed by atoms with Crippen molar-refractivity contribution in [2.45, 2.75) is 31.1 Å². The molecule has 0 radical (unpaired) electrons. The van der Waals surface area contributed by atoms with Gasteiger partial charge in [0.15, 0.2) is 17.3 Å². The van der Waals surface area contributed by atoms with Crippen molar-refractivity contribution in [3.05, 3.63) is 46.8 Å². The molecule has 2 fully saturated rings. The Morgan fingerprint density at radius 3 is 2.70 bits per heavy atom. The van der Waals surface area contributed by atoms with Gasteiger partial charge in [0.05, 0.1) is 5.69 Å². The Morgan fingerprint density at radius 2 is 1.96 bits per heavy atom. The lowest BCUT2D eigenvalue weighted by Crippen LogP contribution is -2.29. The second-order valence-electron chi connectivity index (χ2n) is 6.24. The highest BCUT2D eigenvalue weighted by Gasteiger charge is 2.35. The molecule has 2 aromatic rings. The minimum atomic E-state index is -0.851. The molecule has 2 heterocycles. The van der Waals surface area contributed by atoms with Crippen LogP contribution in [0.5, 0.6) is 0 Å². The number of nitrogens with one attached hydrogen (secondary N) is 1. The smallest absolute Gasteiger partial charge is 0.276 e. The monoisotopic (exact) mass is 318 g/mol. The molecule has 1 aliphatic heterocycles. The number of benzene rings is 1. The third-order valence-corrected chi connectivity index (χ3v) is 4.63. The number of aromatic amines is 1. The van der Waals surface area contributed by atoms with Gasteiger partial charge >= 0.3 is 0 Å². The number of aromatic nitrogens is 3. The average Bonchev–Trinajstić information content (AvgIpc) is 3.09. The van der Waals surface area contributed by atoms with Gasteiger partial charge in [0.2, 0.25) is 0 Å². The van der Waals surface area contributed by atoms with Crippen LogP contribution in [0.3, 0.4) is 0 Å². The normalized spacial score (nSPS) is 21.0. The van der Waals surface area contributed by atoms with E-state index >= 15 is 0 Å². The SMILES string of the molecule is O=C(c1n[nH]nc1C1CC1)N1CCC(c2ccc(F)c(F)c2)C1. The van der Waals surface area contributed by atoms with Crippen molar-refractivity contribution in [1.29, 1.82) is 0 Å². The molecule has 0 bridgehead atoms. The first kappa shape index (κ1) is 14.3. The summed E-state index contributed by atoms with van der Waals surface area (Å²) in [6.45, 7) is 1.07. The number of likely N-dealkylation sites (tertiary alicyclic amines) is 1. The van der Waals surface area contributed by atoms with Gasteiger partial charge in [-0.2, -0.15) is 15.4 Å². The fraction of sp³-hybridized carbons (Fsp3) is 0.438. The number of carbonyl (C=O) groups is 1. The lowest BCUT2D eigenvalue weighted by atomic mass is 9.98. The van der Waals surface area contributed by atoms with Crippen LogP contribution in [-0.2, 0) is 0 Å². The lowest BCUT2D eigenvalue weighted by molar-refractivity contribution is 0.0783. The number of halogens is 2. The molecule has 4 rings (SSSR count). The van der Waals surface area contributed by atoms with Gasteiger partial charge in [0.1, 0.15) is 0 Å². The summed E-state index contributed by atoms with van der Waals surface area (Å²) in [5.74, 6) is -1.47. The highest BCUT2D eigenvalue weighted by Crippen LogP contribution is 2.40. The summed E-state index contributed by atoms with van der Waals surface area (Å²) in [5, 5.41) is 10.6. The number of amides is 1. The van der Waals surface area contributed by atoms with Gasteiger partial charge < -0.3 is 4.90 Å². The van der Waals surface area contributed by atoms with E-state index in [1.165, 1.54) is 6.07 Å². The topological polar surface area (TPSA) is 61.9 Å². The average molecular weight is 318 g/mol. The van der Waals surface area contributed by atoms with Gasteiger partial charge in [-0.05, 0) is 37.0 Å². The number of H-pyrrole nitrogens is 1. The maximum atomic E-state index is 13.4. The molecule has 1 aromatic heterocycles. The Hall–Kier alpha value is -2.31. The summed E-state index contributed by atoms with van der Waals surface area (Å²) >= 11 is 0. The summed E-state index contributed by atoms with van der Waals surface area (Å²) in [5.41, 5.74) is 1.88. The van der Waals surface area contributed by atoms with Crippen LogP contribution in [0.4, 0.5) is 8.78 Å². The minimum absolute atomic E-state index is 0.0188. The van der Waals surface area contributed by atoms with E-state index in [0.29, 0.717) is 24.7 Å². The van der Waals surface area contributed by atoms with Gasteiger partial charge in [0.25, 0.3) is 5.91 Å². The van der Waals surface area contributed by atoms with E-state index in [1.54, 1.807) is 11.0 Å². The molecule has 1 N–H and O–H groups in total. The number of carbonyl (C=O) groups excluding carboxylic acids is 1. The summed E-state index contributed by atoms with van der Waals surface area (Å²) in [6.07, 6.45) is 2.82. The van der Waals surface area contributed by atoms with E-state index in [1.807, 2.05) is 0 Å². The summed E-state index contributed by atoms with van der Waals surface area (Å²) in [4.78, 5) is 14.3. The molecule has 0 spiro atoms. The quantitative estimate of drug-likeness (QED) is 0.946. The maximum absolute atomic E-state index is 13.4. The van der Waals surface area contributed by atoms with E-state index in [4.69, 9.17) is 0 Å². The molecule has 1 saturated heterocycles. The van der Waals surface area contributed by atoms with Crippen molar-refractivity contribution >= 4 is 5.91 Å². The Bertz CT molecular complexity index is 756. The molecule has 7 heteroatoms. The molecule has 120 valence electrons. The zero-order valence-electron chi connectivity index (χ0n) is 12.4. The Labute approximate surface area is 131 Å².